The van der Waals surface area contributed by atoms with E-state index in [9.17, 15) is 0 Å². The van der Waals surface area contributed by atoms with Crippen molar-refractivity contribution in [3.8, 4) is 11.5 Å². The zero-order valence-corrected chi connectivity index (χ0v) is 15.4. The van der Waals surface area contributed by atoms with Crippen LogP contribution in [0.2, 0.25) is 0 Å². The summed E-state index contributed by atoms with van der Waals surface area (Å²) in [4.78, 5) is 2.34. The van der Waals surface area contributed by atoms with Crippen molar-refractivity contribution in [2.45, 2.75) is 39.7 Å². The van der Waals surface area contributed by atoms with Crippen molar-refractivity contribution in [3.63, 3.8) is 0 Å². The minimum atomic E-state index is 0.255. The Labute approximate surface area is 146 Å². The number of likely N-dealkylation sites (N-methyl/N-ethyl adjacent to an activating group) is 1. The average Bonchev–Trinajstić information content (AvgIpc) is 2.58. The van der Waals surface area contributed by atoms with Gasteiger partial charge in [0.2, 0.25) is 0 Å². The Bertz CT molecular complexity index is 617. The second kappa shape index (κ2) is 8.86. The first-order chi connectivity index (χ1) is 11.6. The van der Waals surface area contributed by atoms with Gasteiger partial charge in [0.25, 0.3) is 0 Å². The highest BCUT2D eigenvalue weighted by Crippen LogP contribution is 2.29. The van der Waals surface area contributed by atoms with Crippen LogP contribution in [0.1, 0.15) is 42.5 Å². The minimum Gasteiger partial charge on any atom is -0.457 e. The smallest absolute Gasteiger partial charge is 0.133 e. The van der Waals surface area contributed by atoms with E-state index in [2.05, 4.69) is 63.1 Å². The van der Waals surface area contributed by atoms with Gasteiger partial charge in [-0.2, -0.15) is 0 Å². The van der Waals surface area contributed by atoms with E-state index in [-0.39, 0.29) is 6.04 Å². The molecule has 0 amide bonds. The zero-order chi connectivity index (χ0) is 17.5. The zero-order valence-electron chi connectivity index (χ0n) is 15.4. The molecular formula is C21H30N2O. The summed E-state index contributed by atoms with van der Waals surface area (Å²) in [6.07, 6.45) is 2.39. The number of aryl methyl sites for hydroxylation is 2. The van der Waals surface area contributed by atoms with E-state index in [1.165, 1.54) is 18.4 Å². The van der Waals surface area contributed by atoms with Gasteiger partial charge in [0.05, 0.1) is 0 Å². The van der Waals surface area contributed by atoms with Gasteiger partial charge in [-0.1, -0.05) is 43.7 Å². The molecule has 0 radical (unpaired) electrons. The third kappa shape index (κ3) is 4.59. The Morgan fingerprint density at radius 2 is 1.67 bits per heavy atom. The molecule has 0 heterocycles. The molecule has 2 aromatic carbocycles. The lowest BCUT2D eigenvalue weighted by Gasteiger charge is -2.27. The number of nitrogens with zero attached hydrogens (tertiary/aromatic N) is 1. The third-order valence-corrected chi connectivity index (χ3v) is 4.51. The summed E-state index contributed by atoms with van der Waals surface area (Å²) in [7, 11) is 2.15. The first-order valence-electron chi connectivity index (χ1n) is 8.81. The van der Waals surface area contributed by atoms with Gasteiger partial charge in [0, 0.05) is 12.6 Å². The molecule has 24 heavy (non-hydrogen) atoms. The molecule has 130 valence electrons. The fourth-order valence-electron chi connectivity index (χ4n) is 2.97. The highest BCUT2D eigenvalue weighted by molar-refractivity contribution is 5.43. The predicted molar refractivity (Wildman–Crippen MR) is 102 cm³/mol. The van der Waals surface area contributed by atoms with E-state index in [1.54, 1.807) is 0 Å². The van der Waals surface area contributed by atoms with Crippen LogP contribution in [-0.4, -0.2) is 25.0 Å². The van der Waals surface area contributed by atoms with Gasteiger partial charge in [-0.15, -0.1) is 0 Å². The summed E-state index contributed by atoms with van der Waals surface area (Å²) in [6.45, 7) is 8.05. The van der Waals surface area contributed by atoms with E-state index < -0.39 is 0 Å². The summed E-state index contributed by atoms with van der Waals surface area (Å²) in [5.41, 5.74) is 9.55. The summed E-state index contributed by atoms with van der Waals surface area (Å²) < 4.78 is 6.09. The van der Waals surface area contributed by atoms with Crippen LogP contribution >= 0.6 is 0 Å². The van der Waals surface area contributed by atoms with Gasteiger partial charge < -0.3 is 10.5 Å². The van der Waals surface area contributed by atoms with E-state index >= 15 is 0 Å². The molecule has 0 bridgehead atoms. The first-order valence-corrected chi connectivity index (χ1v) is 8.81. The number of ether oxygens (including phenoxy) is 1. The predicted octanol–water partition coefficient (Wildman–Crippen LogP) is 4.83. The Balaban J connectivity index is 2.12. The van der Waals surface area contributed by atoms with Crippen molar-refractivity contribution in [2.75, 3.05) is 20.1 Å². The normalized spacial score (nSPS) is 12.4. The summed E-state index contributed by atoms with van der Waals surface area (Å²) in [5, 5.41) is 0. The monoisotopic (exact) mass is 326 g/mol. The largest absolute Gasteiger partial charge is 0.457 e. The Morgan fingerprint density at radius 3 is 2.21 bits per heavy atom. The number of benzene rings is 2. The number of hydrogen-bond donors (Lipinski definition) is 1. The van der Waals surface area contributed by atoms with E-state index in [4.69, 9.17) is 10.5 Å². The molecule has 0 aliphatic carbocycles. The van der Waals surface area contributed by atoms with Gasteiger partial charge in [0.1, 0.15) is 11.5 Å². The molecule has 0 spiro atoms. The fraction of sp³-hybridized carbons (Fsp3) is 0.429. The van der Waals surface area contributed by atoms with Crippen LogP contribution in [0.3, 0.4) is 0 Å². The van der Waals surface area contributed by atoms with Gasteiger partial charge in [-0.3, -0.25) is 4.90 Å². The van der Waals surface area contributed by atoms with Crippen LogP contribution in [0, 0.1) is 13.8 Å². The molecule has 3 nitrogen and oxygen atoms in total. The first kappa shape index (κ1) is 18.5. The van der Waals surface area contributed by atoms with Crippen LogP contribution < -0.4 is 10.5 Å². The average molecular weight is 326 g/mol. The van der Waals surface area contributed by atoms with Crippen molar-refractivity contribution >= 4 is 0 Å². The van der Waals surface area contributed by atoms with Crippen molar-refractivity contribution in [2.24, 2.45) is 5.73 Å². The molecule has 0 fully saturated rings. The number of unbranched alkanes of at least 4 members (excludes halogenated alkanes) is 1. The lowest BCUT2D eigenvalue weighted by atomic mass is 10.1. The van der Waals surface area contributed by atoms with Gasteiger partial charge in [-0.25, -0.2) is 0 Å². The molecule has 0 saturated heterocycles. The second-order valence-electron chi connectivity index (χ2n) is 6.48. The number of hydrogen-bond acceptors (Lipinski definition) is 3. The van der Waals surface area contributed by atoms with E-state index in [0.29, 0.717) is 6.54 Å². The Kier molecular flexibility index (Phi) is 6.83. The van der Waals surface area contributed by atoms with Crippen LogP contribution in [0.15, 0.2) is 42.5 Å². The highest BCUT2D eigenvalue weighted by Gasteiger charge is 2.15. The van der Waals surface area contributed by atoms with Crippen LogP contribution in [0.4, 0.5) is 0 Å². The van der Waals surface area contributed by atoms with Gasteiger partial charge >= 0.3 is 0 Å². The van der Waals surface area contributed by atoms with Crippen molar-refractivity contribution < 1.29 is 4.74 Å². The highest BCUT2D eigenvalue weighted by atomic mass is 16.5. The quantitative estimate of drug-likeness (QED) is 0.755. The number of rotatable bonds is 8. The minimum absolute atomic E-state index is 0.255. The van der Waals surface area contributed by atoms with Crippen molar-refractivity contribution in [1.82, 2.24) is 4.90 Å². The molecule has 0 aliphatic heterocycles. The Morgan fingerprint density at radius 1 is 1.04 bits per heavy atom. The fourth-order valence-corrected chi connectivity index (χ4v) is 2.97. The standard InChI is InChI=1S/C21H30N2O/c1-5-6-14-23(4)20(15-22)18-10-12-19(13-11-18)24-21-16(2)8-7-9-17(21)3/h7-13,20H,5-6,14-15,22H2,1-4H3. The molecular weight excluding hydrogens is 296 g/mol. The Hall–Kier alpha value is -1.84. The van der Waals surface area contributed by atoms with Crippen LogP contribution in [0.5, 0.6) is 11.5 Å². The second-order valence-corrected chi connectivity index (χ2v) is 6.48. The molecule has 2 rings (SSSR count). The van der Waals surface area contributed by atoms with E-state index in [0.717, 1.165) is 29.2 Å². The number of nitrogens with two attached hydrogens (primary N) is 1. The van der Waals surface area contributed by atoms with Gasteiger partial charge in [-0.05, 0) is 62.7 Å². The molecule has 1 atom stereocenters. The lowest BCUT2D eigenvalue weighted by Crippen LogP contribution is -2.31. The maximum absolute atomic E-state index is 6.09. The summed E-state index contributed by atoms with van der Waals surface area (Å²) in [6, 6.07) is 14.8. The van der Waals surface area contributed by atoms with Gasteiger partial charge in [0.15, 0.2) is 0 Å². The maximum atomic E-state index is 6.09. The topological polar surface area (TPSA) is 38.5 Å². The van der Waals surface area contributed by atoms with Crippen molar-refractivity contribution in [1.29, 1.82) is 0 Å². The lowest BCUT2D eigenvalue weighted by molar-refractivity contribution is 0.246. The molecule has 0 aromatic heterocycles. The molecule has 1 unspecified atom stereocenters. The number of para-hydroxylation sites is 1. The SMILES string of the molecule is CCCCN(C)C(CN)c1ccc(Oc2c(C)cccc2C)cc1. The molecule has 2 aromatic rings. The van der Waals surface area contributed by atoms with Crippen LogP contribution in [0.25, 0.3) is 0 Å². The van der Waals surface area contributed by atoms with Crippen molar-refractivity contribution in [3.05, 3.63) is 59.2 Å². The summed E-state index contributed by atoms with van der Waals surface area (Å²) >= 11 is 0. The van der Waals surface area contributed by atoms with Crippen LogP contribution in [-0.2, 0) is 0 Å². The molecule has 2 N–H and O–H groups in total. The third-order valence-electron chi connectivity index (χ3n) is 4.51. The molecule has 0 aliphatic rings. The maximum Gasteiger partial charge on any atom is 0.133 e. The van der Waals surface area contributed by atoms with E-state index in [1.807, 2.05) is 12.1 Å². The summed E-state index contributed by atoms with van der Waals surface area (Å²) in [5.74, 6) is 1.81. The molecule has 3 heteroatoms. The molecule has 0 saturated carbocycles.